The van der Waals surface area contributed by atoms with Gasteiger partial charge in [-0.25, -0.2) is 14.3 Å². The van der Waals surface area contributed by atoms with Crippen LogP contribution in [0.15, 0.2) is 16.4 Å². The number of alkyl carbamates (subject to hydrolysis) is 2. The zero-order valence-electron chi connectivity index (χ0n) is 23.0. The van der Waals surface area contributed by atoms with Crippen molar-refractivity contribution < 1.29 is 43.9 Å². The van der Waals surface area contributed by atoms with Crippen molar-refractivity contribution in [3.63, 3.8) is 0 Å². The van der Waals surface area contributed by atoms with Crippen molar-refractivity contribution in [3.8, 4) is 0 Å². The third-order valence-electron chi connectivity index (χ3n) is 4.76. The third-order valence-corrected chi connectivity index (χ3v) is 4.76. The highest BCUT2D eigenvalue weighted by molar-refractivity contribution is 6.01. The summed E-state index contributed by atoms with van der Waals surface area (Å²) in [6, 6.07) is -1.13. The Morgan fingerprint density at radius 1 is 1.12 bits per heavy atom. The molecule has 0 radical (unpaired) electrons. The highest BCUT2D eigenvalue weighted by Crippen LogP contribution is 2.30. The van der Waals surface area contributed by atoms with Gasteiger partial charge in [-0.3, -0.25) is 10.6 Å². The highest BCUT2D eigenvalue weighted by atomic mass is 16.7. The molecule has 1 aromatic heterocycles. The molecule has 1 aliphatic heterocycles. The summed E-state index contributed by atoms with van der Waals surface area (Å²) in [7, 11) is 0. The molecule has 1 aromatic rings. The lowest BCUT2D eigenvalue weighted by Gasteiger charge is -2.41. The number of aromatic nitrogens is 3. The summed E-state index contributed by atoms with van der Waals surface area (Å²) in [5, 5.41) is 50.1. The fraction of sp³-hybridized carbons (Fsp3) is 0.762. The van der Waals surface area contributed by atoms with E-state index in [-0.39, 0.29) is 18.2 Å². The highest BCUT2D eigenvalue weighted by Gasteiger charge is 2.46. The number of rotatable bonds is 8. The molecule has 0 spiro atoms. The molecule has 1 fully saturated rings. The molecule has 2 heterocycles. The number of aliphatic hydroxyl groups excluding tert-OH is 3. The first-order chi connectivity index (χ1) is 18.6. The van der Waals surface area contributed by atoms with E-state index in [1.165, 1.54) is 10.9 Å². The summed E-state index contributed by atoms with van der Waals surface area (Å²) in [4.78, 5) is 27.0. The predicted molar refractivity (Wildman–Crippen MR) is 135 cm³/mol. The number of nitrogens with zero attached hydrogens (tertiary/aromatic N) is 7. The molecule has 1 aliphatic rings. The number of hydrogen-bond acceptors (Lipinski definition) is 14. The topological polar surface area (TPSA) is 260 Å². The largest absolute Gasteiger partial charge is 0.444 e. The molecule has 19 nitrogen and oxygen atoms in total. The van der Waals surface area contributed by atoms with Crippen LogP contribution in [0.5, 0.6) is 0 Å². The fourth-order valence-corrected chi connectivity index (χ4v) is 3.25. The predicted octanol–water partition coefficient (Wildman–Crippen LogP) is -0.0474. The maximum Gasteiger partial charge on any atom is 0.414 e. The lowest BCUT2D eigenvalue weighted by molar-refractivity contribution is -0.281. The smallest absolute Gasteiger partial charge is 0.414 e. The van der Waals surface area contributed by atoms with Crippen LogP contribution >= 0.6 is 0 Å². The van der Waals surface area contributed by atoms with Crippen molar-refractivity contribution in [2.75, 3.05) is 13.3 Å². The molecule has 2 rings (SSSR count). The van der Waals surface area contributed by atoms with E-state index in [1.54, 1.807) is 41.5 Å². The van der Waals surface area contributed by atoms with Crippen LogP contribution in [-0.2, 0) is 25.5 Å². The Balaban J connectivity index is 2.16. The van der Waals surface area contributed by atoms with Gasteiger partial charge in [0.1, 0.15) is 48.0 Å². The van der Waals surface area contributed by atoms with Crippen molar-refractivity contribution in [3.05, 3.63) is 22.3 Å². The second-order valence-corrected chi connectivity index (χ2v) is 10.5. The summed E-state index contributed by atoms with van der Waals surface area (Å²) in [5.74, 6) is -0.323. The molecule has 224 valence electrons. The maximum absolute atomic E-state index is 12.2. The summed E-state index contributed by atoms with van der Waals surface area (Å²) in [6.07, 6.45) is -5.77. The minimum absolute atomic E-state index is 0.0781. The first kappa shape index (κ1) is 32.5. The number of hydrogen-bond donors (Lipinski definition) is 6. The normalized spacial score (nSPS) is 22.9. The zero-order chi connectivity index (χ0) is 30.1. The molecule has 0 saturated carbocycles. The minimum atomic E-state index is -1.50. The zero-order valence-corrected chi connectivity index (χ0v) is 23.0. The van der Waals surface area contributed by atoms with Gasteiger partial charge in [0, 0.05) is 4.91 Å². The second kappa shape index (κ2) is 14.1. The molecule has 19 heteroatoms. The van der Waals surface area contributed by atoms with E-state index in [4.69, 9.17) is 24.5 Å². The van der Waals surface area contributed by atoms with Crippen LogP contribution in [0.3, 0.4) is 0 Å². The average molecular weight is 573 g/mol. The van der Waals surface area contributed by atoms with Crippen LogP contribution in [0, 0.1) is 0 Å². The van der Waals surface area contributed by atoms with Gasteiger partial charge < -0.3 is 39.7 Å². The standard InChI is InChI=1S/C21H36N10O9/c1-20(2,3)39-18(35)25-17(26-19(36)40-21(4,5)6)28-23-7-11-8-31(30-27-11)13-15(34)14(33)12(9-32)38-16(13)37-10-24-29-22/h8,12-16,23,32-34H,7,9-10H2,1-6H3,(H2,25,26,28,35,36)/t12?,13?,14-,15-,16+/m1/s1. The number of ether oxygens (including phenoxy) is 4. The van der Waals surface area contributed by atoms with E-state index in [1.807, 2.05) is 0 Å². The molecule has 0 aliphatic carbocycles. The van der Waals surface area contributed by atoms with Crippen molar-refractivity contribution in [1.29, 1.82) is 0 Å². The Morgan fingerprint density at radius 2 is 1.73 bits per heavy atom. The fourth-order valence-electron chi connectivity index (χ4n) is 3.25. The number of carbonyl (C=O) groups excluding carboxylic acids is 2. The summed E-state index contributed by atoms with van der Waals surface area (Å²) < 4.78 is 22.4. The van der Waals surface area contributed by atoms with Crippen molar-refractivity contribution in [1.82, 2.24) is 31.1 Å². The number of guanidine groups is 1. The van der Waals surface area contributed by atoms with Crippen LogP contribution in [-0.4, -0.2) is 97.6 Å². The van der Waals surface area contributed by atoms with E-state index >= 15 is 0 Å². The summed E-state index contributed by atoms with van der Waals surface area (Å²) in [6.45, 7) is 8.84. The first-order valence-corrected chi connectivity index (χ1v) is 12.1. The molecule has 2 unspecified atom stereocenters. The molecule has 0 bridgehead atoms. The van der Waals surface area contributed by atoms with Crippen LogP contribution in [0.25, 0.3) is 10.4 Å². The van der Waals surface area contributed by atoms with Gasteiger partial charge in [-0.2, -0.15) is 0 Å². The van der Waals surface area contributed by atoms with Gasteiger partial charge in [-0.15, -0.1) is 10.2 Å². The van der Waals surface area contributed by atoms with Crippen LogP contribution in [0.1, 0.15) is 53.3 Å². The minimum Gasteiger partial charge on any atom is -0.444 e. The Labute approximate surface area is 229 Å². The Hall–Kier alpha value is -3.74. The van der Waals surface area contributed by atoms with Crippen molar-refractivity contribution in [2.45, 2.75) is 89.9 Å². The van der Waals surface area contributed by atoms with Gasteiger partial charge in [0.25, 0.3) is 0 Å². The van der Waals surface area contributed by atoms with Gasteiger partial charge in [0.05, 0.1) is 19.3 Å². The Bertz CT molecular complexity index is 1050. The van der Waals surface area contributed by atoms with E-state index in [2.05, 4.69) is 41.5 Å². The summed E-state index contributed by atoms with van der Waals surface area (Å²) >= 11 is 0. The monoisotopic (exact) mass is 572 g/mol. The number of azide groups is 1. The SMILES string of the molecule is CC(C)(C)OC(=O)NC(=NNCc1cn(C2[C@@H](OCN=[N+]=[N-])OC(CO)[C@@H](O)[C@@H]2O)nn1)NC(=O)OC(C)(C)C. The van der Waals surface area contributed by atoms with Gasteiger partial charge in [-0.1, -0.05) is 10.3 Å². The molecule has 40 heavy (non-hydrogen) atoms. The van der Waals surface area contributed by atoms with Crippen LogP contribution in [0.4, 0.5) is 9.59 Å². The lowest BCUT2D eigenvalue weighted by atomic mass is 9.97. The van der Waals surface area contributed by atoms with E-state index in [0.717, 1.165) is 0 Å². The van der Waals surface area contributed by atoms with Crippen molar-refractivity contribution in [2.24, 2.45) is 10.2 Å². The average Bonchev–Trinajstić information content (AvgIpc) is 3.27. The van der Waals surface area contributed by atoms with E-state index in [9.17, 15) is 24.9 Å². The van der Waals surface area contributed by atoms with Gasteiger partial charge in [0.2, 0.25) is 5.96 Å². The quantitative estimate of drug-likeness (QED) is 0.0598. The van der Waals surface area contributed by atoms with Gasteiger partial charge >= 0.3 is 12.2 Å². The van der Waals surface area contributed by atoms with Crippen LogP contribution < -0.4 is 16.1 Å². The van der Waals surface area contributed by atoms with E-state index < -0.39 is 67.4 Å². The Morgan fingerprint density at radius 3 is 2.25 bits per heavy atom. The number of amides is 2. The first-order valence-electron chi connectivity index (χ1n) is 12.1. The maximum atomic E-state index is 12.2. The number of hydrazone groups is 1. The molecule has 0 aromatic carbocycles. The lowest BCUT2D eigenvalue weighted by Crippen LogP contribution is -2.56. The molecule has 1 saturated heterocycles. The number of carbonyl (C=O) groups is 2. The molecule has 5 atom stereocenters. The van der Waals surface area contributed by atoms with Crippen LogP contribution in [0.2, 0.25) is 0 Å². The Kier molecular flexibility index (Phi) is 11.4. The van der Waals surface area contributed by atoms with E-state index in [0.29, 0.717) is 0 Å². The van der Waals surface area contributed by atoms with Crippen molar-refractivity contribution >= 4 is 18.1 Å². The van der Waals surface area contributed by atoms with Gasteiger partial charge in [0.15, 0.2) is 6.29 Å². The number of aliphatic hydroxyl groups is 3. The third kappa shape index (κ3) is 10.4. The number of nitrogens with one attached hydrogen (secondary N) is 3. The molecular formula is C21H36N10O9. The second-order valence-electron chi connectivity index (χ2n) is 10.5. The molecule has 2 amide bonds. The van der Waals surface area contributed by atoms with Gasteiger partial charge in [-0.05, 0) is 47.1 Å². The summed E-state index contributed by atoms with van der Waals surface area (Å²) in [5.41, 5.74) is 9.76. The molecule has 6 N–H and O–H groups in total. The molecular weight excluding hydrogens is 536 g/mol.